The molecule has 0 bridgehead atoms. The number of carboxylic acids is 1. The fraction of sp³-hybridized carbons (Fsp3) is 0.833. The van der Waals surface area contributed by atoms with Gasteiger partial charge in [-0.2, -0.15) is 0 Å². The molecule has 1 N–H and O–H groups in total. The first-order chi connectivity index (χ1) is 8.46. The highest BCUT2D eigenvalue weighted by atomic mass is 16.4. The van der Waals surface area contributed by atoms with Crippen LogP contribution >= 0.6 is 0 Å². The molecule has 1 unspecified atom stereocenters. The van der Waals surface area contributed by atoms with Gasteiger partial charge in [-0.3, -0.25) is 4.79 Å². The van der Waals surface area contributed by atoms with Crippen LogP contribution in [0, 0.1) is 11.3 Å². The Balaban J connectivity index is 2.20. The molecule has 0 radical (unpaired) electrons. The molecule has 0 spiro atoms. The van der Waals surface area contributed by atoms with Gasteiger partial charge < -0.3 is 5.11 Å². The third kappa shape index (κ3) is 2.11. The molecule has 1 aromatic heterocycles. The Morgan fingerprint density at radius 2 is 2.11 bits per heavy atom. The molecule has 1 aromatic rings. The normalized spacial score (nSPS) is 19.6. The lowest BCUT2D eigenvalue weighted by atomic mass is 9.69. The molecule has 6 heteroatoms. The second-order valence-corrected chi connectivity index (χ2v) is 5.67. The molecule has 0 amide bonds. The van der Waals surface area contributed by atoms with Crippen molar-refractivity contribution in [2.45, 2.75) is 52.5 Å². The zero-order chi connectivity index (χ0) is 13.3. The molecule has 6 nitrogen and oxygen atoms in total. The average molecular weight is 252 g/mol. The molecule has 18 heavy (non-hydrogen) atoms. The molecular weight excluding hydrogens is 232 g/mol. The highest BCUT2D eigenvalue weighted by molar-refractivity contribution is 5.75. The lowest BCUT2D eigenvalue weighted by molar-refractivity contribution is -0.156. The van der Waals surface area contributed by atoms with E-state index in [1.165, 1.54) is 0 Å². The van der Waals surface area contributed by atoms with Crippen LogP contribution in [0.5, 0.6) is 0 Å². The smallest absolute Gasteiger partial charge is 0.311 e. The van der Waals surface area contributed by atoms with E-state index in [9.17, 15) is 9.90 Å². The van der Waals surface area contributed by atoms with Gasteiger partial charge in [0.15, 0.2) is 5.82 Å². The number of carboxylic acid groups (broad SMARTS) is 1. The second kappa shape index (κ2) is 4.66. The average Bonchev–Trinajstić information content (AvgIpc) is 2.69. The standard InChI is InChI=1S/C12H20N4O2/c1-8(2)9(3)10-13-14-15-16(10)7-12(11(17)18)5-4-6-12/h8-9H,4-7H2,1-3H3,(H,17,18). The minimum absolute atomic E-state index is 0.228. The molecule has 2 rings (SSSR count). The molecule has 1 atom stereocenters. The van der Waals surface area contributed by atoms with Crippen LogP contribution in [0.1, 0.15) is 51.8 Å². The van der Waals surface area contributed by atoms with Gasteiger partial charge in [-0.25, -0.2) is 4.68 Å². The second-order valence-electron chi connectivity index (χ2n) is 5.67. The number of carbonyl (C=O) groups is 1. The summed E-state index contributed by atoms with van der Waals surface area (Å²) in [6.07, 6.45) is 2.42. The van der Waals surface area contributed by atoms with Gasteiger partial charge in [0.25, 0.3) is 0 Å². The zero-order valence-corrected chi connectivity index (χ0v) is 11.1. The van der Waals surface area contributed by atoms with E-state index in [0.717, 1.165) is 25.1 Å². The molecular formula is C12H20N4O2. The fourth-order valence-electron chi connectivity index (χ4n) is 2.28. The molecule has 1 saturated carbocycles. The van der Waals surface area contributed by atoms with Crippen LogP contribution in [0.3, 0.4) is 0 Å². The maximum atomic E-state index is 11.4. The summed E-state index contributed by atoms with van der Waals surface area (Å²) in [6.45, 7) is 6.68. The summed E-state index contributed by atoms with van der Waals surface area (Å²) in [6, 6.07) is 0. The Bertz CT molecular complexity index is 437. The SMILES string of the molecule is CC(C)C(C)c1nnnn1CC1(C(=O)O)CCC1. The Kier molecular flexibility index (Phi) is 3.36. The predicted octanol–water partition coefficient (Wildman–Crippen LogP) is 1.69. The number of hydrogen-bond acceptors (Lipinski definition) is 4. The first kappa shape index (κ1) is 13.0. The van der Waals surface area contributed by atoms with Gasteiger partial charge in [0.2, 0.25) is 0 Å². The topological polar surface area (TPSA) is 80.9 Å². The van der Waals surface area contributed by atoms with Crippen LogP contribution in [0.15, 0.2) is 0 Å². The molecule has 1 fully saturated rings. The van der Waals surface area contributed by atoms with Crippen molar-refractivity contribution in [2.24, 2.45) is 11.3 Å². The van der Waals surface area contributed by atoms with Gasteiger partial charge >= 0.3 is 5.97 Å². The summed E-state index contributed by atoms with van der Waals surface area (Å²) < 4.78 is 1.68. The maximum Gasteiger partial charge on any atom is 0.311 e. The van der Waals surface area contributed by atoms with Crippen LogP contribution in [0.4, 0.5) is 0 Å². The van der Waals surface area contributed by atoms with Crippen molar-refractivity contribution in [1.82, 2.24) is 20.2 Å². The van der Waals surface area contributed by atoms with Crippen LogP contribution < -0.4 is 0 Å². The van der Waals surface area contributed by atoms with E-state index < -0.39 is 11.4 Å². The maximum absolute atomic E-state index is 11.4. The van der Waals surface area contributed by atoms with Gasteiger partial charge in [0.1, 0.15) is 0 Å². The molecule has 0 aromatic carbocycles. The van der Waals surface area contributed by atoms with E-state index in [1.807, 2.05) is 0 Å². The molecule has 0 aliphatic heterocycles. The van der Waals surface area contributed by atoms with Crippen molar-refractivity contribution in [1.29, 1.82) is 0 Å². The van der Waals surface area contributed by atoms with E-state index in [0.29, 0.717) is 12.5 Å². The summed E-state index contributed by atoms with van der Waals surface area (Å²) in [4.78, 5) is 11.4. The summed E-state index contributed by atoms with van der Waals surface area (Å²) in [5.74, 6) is 0.716. The molecule has 100 valence electrons. The number of aromatic nitrogens is 4. The summed E-state index contributed by atoms with van der Waals surface area (Å²) in [5, 5.41) is 21.0. The molecule has 1 aliphatic carbocycles. The monoisotopic (exact) mass is 252 g/mol. The first-order valence-corrected chi connectivity index (χ1v) is 6.46. The Morgan fingerprint density at radius 1 is 1.44 bits per heavy atom. The van der Waals surface area contributed by atoms with Crippen LogP contribution in [0.2, 0.25) is 0 Å². The van der Waals surface area contributed by atoms with E-state index in [2.05, 4.69) is 36.3 Å². The van der Waals surface area contributed by atoms with Gasteiger partial charge in [-0.15, -0.1) is 5.10 Å². The zero-order valence-electron chi connectivity index (χ0n) is 11.1. The van der Waals surface area contributed by atoms with Crippen LogP contribution in [-0.2, 0) is 11.3 Å². The van der Waals surface area contributed by atoms with E-state index in [4.69, 9.17) is 0 Å². The predicted molar refractivity (Wildman–Crippen MR) is 65.0 cm³/mol. The van der Waals surface area contributed by atoms with Crippen LogP contribution in [-0.4, -0.2) is 31.3 Å². The van der Waals surface area contributed by atoms with Gasteiger partial charge in [0.05, 0.1) is 12.0 Å². The number of nitrogens with zero attached hydrogens (tertiary/aromatic N) is 4. The van der Waals surface area contributed by atoms with Crippen molar-refractivity contribution >= 4 is 5.97 Å². The number of aliphatic carboxylic acids is 1. The van der Waals surface area contributed by atoms with Crippen molar-refractivity contribution in [2.75, 3.05) is 0 Å². The van der Waals surface area contributed by atoms with Crippen molar-refractivity contribution < 1.29 is 9.90 Å². The minimum atomic E-state index is -0.729. The number of hydrogen-bond donors (Lipinski definition) is 1. The summed E-state index contributed by atoms with van der Waals surface area (Å²) in [5.41, 5.74) is -0.652. The Labute approximate surface area is 106 Å². The van der Waals surface area contributed by atoms with Gasteiger partial charge in [-0.1, -0.05) is 27.2 Å². The fourth-order valence-corrected chi connectivity index (χ4v) is 2.28. The van der Waals surface area contributed by atoms with Crippen molar-refractivity contribution in [3.05, 3.63) is 5.82 Å². The number of rotatable bonds is 5. The van der Waals surface area contributed by atoms with Gasteiger partial charge in [0, 0.05) is 5.92 Å². The van der Waals surface area contributed by atoms with Crippen molar-refractivity contribution in [3.63, 3.8) is 0 Å². The number of tetrazole rings is 1. The lowest BCUT2D eigenvalue weighted by Gasteiger charge is -2.37. The third-order valence-corrected chi connectivity index (χ3v) is 4.18. The first-order valence-electron chi connectivity index (χ1n) is 6.46. The molecule has 0 saturated heterocycles. The van der Waals surface area contributed by atoms with E-state index in [1.54, 1.807) is 4.68 Å². The third-order valence-electron chi connectivity index (χ3n) is 4.18. The highest BCUT2D eigenvalue weighted by Crippen LogP contribution is 2.42. The summed E-state index contributed by atoms with van der Waals surface area (Å²) in [7, 11) is 0. The highest BCUT2D eigenvalue weighted by Gasteiger charge is 2.45. The van der Waals surface area contributed by atoms with E-state index >= 15 is 0 Å². The van der Waals surface area contributed by atoms with Crippen LogP contribution in [0.25, 0.3) is 0 Å². The van der Waals surface area contributed by atoms with E-state index in [-0.39, 0.29) is 5.92 Å². The molecule has 1 heterocycles. The van der Waals surface area contributed by atoms with Crippen molar-refractivity contribution in [3.8, 4) is 0 Å². The lowest BCUT2D eigenvalue weighted by Crippen LogP contribution is -2.42. The Morgan fingerprint density at radius 3 is 2.56 bits per heavy atom. The largest absolute Gasteiger partial charge is 0.481 e. The van der Waals surface area contributed by atoms with Gasteiger partial charge in [-0.05, 0) is 29.2 Å². The Hall–Kier alpha value is -1.46. The minimum Gasteiger partial charge on any atom is -0.481 e. The molecule has 1 aliphatic rings. The quantitative estimate of drug-likeness (QED) is 0.862. The summed E-state index contributed by atoms with van der Waals surface area (Å²) >= 11 is 0.